The van der Waals surface area contributed by atoms with Gasteiger partial charge < -0.3 is 15.7 Å². The van der Waals surface area contributed by atoms with Gasteiger partial charge in [0.05, 0.1) is 18.4 Å². The third kappa shape index (κ3) is 7.38. The summed E-state index contributed by atoms with van der Waals surface area (Å²) in [6.07, 6.45) is 5.36. The van der Waals surface area contributed by atoms with E-state index in [2.05, 4.69) is 21.9 Å². The molecule has 0 aliphatic carbocycles. The molecule has 1 aromatic carbocycles. The third-order valence-corrected chi connectivity index (χ3v) is 4.10. The lowest BCUT2D eigenvalue weighted by Gasteiger charge is -2.20. The summed E-state index contributed by atoms with van der Waals surface area (Å²) >= 11 is 0. The molecule has 0 amide bonds. The molecule has 0 saturated carbocycles. The van der Waals surface area contributed by atoms with Gasteiger partial charge >= 0.3 is 0 Å². The van der Waals surface area contributed by atoms with Gasteiger partial charge in [-0.15, -0.1) is 0 Å². The Morgan fingerprint density at radius 1 is 1.42 bits per heavy atom. The zero-order chi connectivity index (χ0) is 19.2. The van der Waals surface area contributed by atoms with Gasteiger partial charge in [0.1, 0.15) is 6.61 Å². The van der Waals surface area contributed by atoms with Gasteiger partial charge in [0, 0.05) is 24.3 Å². The number of hydrogen-bond acceptors (Lipinski definition) is 5. The maximum absolute atomic E-state index is 8.80. The Labute approximate surface area is 157 Å². The Morgan fingerprint density at radius 3 is 2.88 bits per heavy atom. The van der Waals surface area contributed by atoms with E-state index in [4.69, 9.17) is 15.7 Å². The first-order valence-electron chi connectivity index (χ1n) is 9.33. The highest BCUT2D eigenvalue weighted by atomic mass is 16.5. The molecule has 1 heterocycles. The van der Waals surface area contributed by atoms with Crippen molar-refractivity contribution in [3.63, 3.8) is 0 Å². The average molecular weight is 357 g/mol. The zero-order valence-electron chi connectivity index (χ0n) is 16.1. The fraction of sp³-hybridized carbons (Fsp3) is 0.524. The first-order chi connectivity index (χ1) is 12.7. The molecule has 0 radical (unpaired) electrons. The molecule has 1 fully saturated rings. The number of hydrogen-bond donors (Lipinski definition) is 2. The number of ether oxygens (including phenoxy) is 1. The highest BCUT2D eigenvalue weighted by Crippen LogP contribution is 2.18. The van der Waals surface area contributed by atoms with Gasteiger partial charge in [-0.25, -0.2) is 0 Å². The summed E-state index contributed by atoms with van der Waals surface area (Å²) in [5.74, 6) is 11.1. The molecule has 2 atom stereocenters. The molecule has 2 rings (SSSR count). The molecule has 2 unspecified atom stereocenters. The van der Waals surface area contributed by atoms with Gasteiger partial charge in [-0.1, -0.05) is 44.7 Å². The maximum Gasteiger partial charge on any atom is 0.104 e. The molecule has 26 heavy (non-hydrogen) atoms. The molecule has 0 bridgehead atoms. The Kier molecular flexibility index (Phi) is 11.0. The second-order valence-electron chi connectivity index (χ2n) is 5.84. The van der Waals surface area contributed by atoms with Gasteiger partial charge in [0.2, 0.25) is 0 Å². The van der Waals surface area contributed by atoms with E-state index < -0.39 is 0 Å². The number of benzene rings is 1. The number of hydrazone groups is 1. The lowest BCUT2D eigenvalue weighted by atomic mass is 9.95. The Bertz CT molecular complexity index is 638. The van der Waals surface area contributed by atoms with Crippen molar-refractivity contribution in [3.05, 3.63) is 35.4 Å². The Morgan fingerprint density at radius 2 is 2.23 bits per heavy atom. The third-order valence-electron chi connectivity index (χ3n) is 4.10. The van der Waals surface area contributed by atoms with E-state index in [0.717, 1.165) is 36.3 Å². The minimum absolute atomic E-state index is 0.0156. The molecule has 1 saturated heterocycles. The summed E-state index contributed by atoms with van der Waals surface area (Å²) in [5.41, 5.74) is 2.64. The summed E-state index contributed by atoms with van der Waals surface area (Å²) in [4.78, 5) is 4.46. The quantitative estimate of drug-likeness (QED) is 0.368. The van der Waals surface area contributed by atoms with Gasteiger partial charge in [-0.05, 0) is 37.0 Å². The molecule has 0 spiro atoms. The number of rotatable bonds is 5. The number of aliphatic hydroxyl groups is 1. The first kappa shape index (κ1) is 21.9. The van der Waals surface area contributed by atoms with Gasteiger partial charge in [-0.2, -0.15) is 5.10 Å². The van der Waals surface area contributed by atoms with Crippen molar-refractivity contribution in [2.24, 2.45) is 15.9 Å². The molecule has 0 aromatic heterocycles. The average Bonchev–Trinajstić information content (AvgIpc) is 2.71. The van der Waals surface area contributed by atoms with Gasteiger partial charge in [0.25, 0.3) is 0 Å². The minimum atomic E-state index is -0.148. The topological polar surface area (TPSA) is 80.2 Å². The Balaban J connectivity index is 0.00000163. The van der Waals surface area contributed by atoms with Crippen molar-refractivity contribution in [1.82, 2.24) is 0 Å². The fourth-order valence-corrected chi connectivity index (χ4v) is 2.67. The van der Waals surface area contributed by atoms with Crippen LogP contribution >= 0.6 is 0 Å². The van der Waals surface area contributed by atoms with Gasteiger partial charge in [-0.3, -0.25) is 4.99 Å². The van der Waals surface area contributed by atoms with Crippen LogP contribution in [0.15, 0.2) is 34.4 Å². The van der Waals surface area contributed by atoms with E-state index in [1.165, 1.54) is 6.42 Å². The molecular weight excluding hydrogens is 326 g/mol. The number of aliphatic hydroxyl groups excluding tert-OH is 1. The van der Waals surface area contributed by atoms with Crippen LogP contribution in [0.5, 0.6) is 0 Å². The molecule has 142 valence electrons. The van der Waals surface area contributed by atoms with E-state index in [1.54, 1.807) is 6.21 Å². The summed E-state index contributed by atoms with van der Waals surface area (Å²) in [7, 11) is 0. The van der Waals surface area contributed by atoms with Crippen LogP contribution in [-0.2, 0) is 4.74 Å². The highest BCUT2D eigenvalue weighted by molar-refractivity contribution is 6.32. The van der Waals surface area contributed by atoms with Crippen LogP contribution in [0, 0.1) is 11.8 Å². The van der Waals surface area contributed by atoms with Gasteiger partial charge in [0.15, 0.2) is 0 Å². The molecule has 5 nitrogen and oxygen atoms in total. The van der Waals surface area contributed by atoms with Crippen molar-refractivity contribution in [2.45, 2.75) is 52.1 Å². The van der Waals surface area contributed by atoms with E-state index >= 15 is 0 Å². The van der Waals surface area contributed by atoms with Crippen LogP contribution in [0.1, 0.15) is 57.1 Å². The number of nitrogens with two attached hydrogens (primary N) is 1. The van der Waals surface area contributed by atoms with Crippen LogP contribution in [0.25, 0.3) is 0 Å². The molecular formula is C21H31N3O2. The van der Waals surface area contributed by atoms with Crippen LogP contribution in [0.3, 0.4) is 0 Å². The smallest absolute Gasteiger partial charge is 0.104 e. The van der Waals surface area contributed by atoms with E-state index in [-0.39, 0.29) is 18.6 Å². The SMILES string of the molecule is CC.CC(/C(C=NCC1CCCCO1)=N/N)c1cccc(C#CCO)c1. The van der Waals surface area contributed by atoms with E-state index in [1.807, 2.05) is 45.0 Å². The second kappa shape index (κ2) is 13.1. The normalized spacial score (nSPS) is 18.5. The fourth-order valence-electron chi connectivity index (χ4n) is 2.67. The largest absolute Gasteiger partial charge is 0.384 e. The molecule has 1 aliphatic heterocycles. The number of aliphatic imine (C=N–C) groups is 1. The predicted octanol–water partition coefficient (Wildman–Crippen LogP) is 3.11. The predicted molar refractivity (Wildman–Crippen MR) is 109 cm³/mol. The van der Waals surface area contributed by atoms with Crippen molar-refractivity contribution < 1.29 is 9.84 Å². The Hall–Kier alpha value is -2.16. The van der Waals surface area contributed by atoms with Crippen molar-refractivity contribution in [1.29, 1.82) is 0 Å². The summed E-state index contributed by atoms with van der Waals surface area (Å²) < 4.78 is 5.67. The summed E-state index contributed by atoms with van der Waals surface area (Å²) in [5, 5.41) is 12.7. The van der Waals surface area contributed by atoms with Crippen LogP contribution in [-0.4, -0.2) is 42.9 Å². The van der Waals surface area contributed by atoms with E-state index in [9.17, 15) is 0 Å². The molecule has 5 heteroatoms. The lowest BCUT2D eigenvalue weighted by molar-refractivity contribution is 0.0226. The highest BCUT2D eigenvalue weighted by Gasteiger charge is 2.14. The summed E-state index contributed by atoms with van der Waals surface area (Å²) in [6.45, 7) is 7.36. The molecule has 1 aliphatic rings. The lowest BCUT2D eigenvalue weighted by Crippen LogP contribution is -2.22. The molecule has 1 aromatic rings. The summed E-state index contributed by atoms with van der Waals surface area (Å²) in [6, 6.07) is 7.84. The van der Waals surface area contributed by atoms with Crippen molar-refractivity contribution in [3.8, 4) is 11.8 Å². The van der Waals surface area contributed by atoms with Crippen LogP contribution in [0.4, 0.5) is 0 Å². The van der Waals surface area contributed by atoms with Crippen LogP contribution in [0.2, 0.25) is 0 Å². The van der Waals surface area contributed by atoms with Crippen LogP contribution < -0.4 is 5.84 Å². The molecule has 3 N–H and O–H groups in total. The van der Waals surface area contributed by atoms with E-state index in [0.29, 0.717) is 6.54 Å². The monoisotopic (exact) mass is 357 g/mol. The maximum atomic E-state index is 8.80. The standard InChI is InChI=1S/C19H25N3O2.C2H6/c1-15(17-8-4-6-16(12-17)7-5-10-23)19(22-20)14-21-13-18-9-2-3-11-24-18;1-2/h4,6,8,12,14-15,18,23H,2-3,9-11,13,20H2,1H3;1-2H3/b21-14?,22-19+;. The first-order valence-corrected chi connectivity index (χ1v) is 9.33. The number of nitrogens with zero attached hydrogens (tertiary/aromatic N) is 2. The van der Waals surface area contributed by atoms with Crippen molar-refractivity contribution >= 4 is 11.9 Å². The minimum Gasteiger partial charge on any atom is -0.384 e. The van der Waals surface area contributed by atoms with Crippen molar-refractivity contribution in [2.75, 3.05) is 19.8 Å². The second-order valence-corrected chi connectivity index (χ2v) is 5.84. The zero-order valence-corrected chi connectivity index (χ0v) is 16.1.